The van der Waals surface area contributed by atoms with Crippen LogP contribution in [0.4, 0.5) is 0 Å². The summed E-state index contributed by atoms with van der Waals surface area (Å²) in [6.07, 6.45) is 0.773. The molecule has 2 nitrogen and oxygen atoms in total. The maximum absolute atomic E-state index is 6.05. The van der Waals surface area contributed by atoms with Gasteiger partial charge in [-0.3, -0.25) is 0 Å². The van der Waals surface area contributed by atoms with Gasteiger partial charge in [0.1, 0.15) is 0 Å². The Morgan fingerprint density at radius 2 is 1.74 bits per heavy atom. The van der Waals surface area contributed by atoms with Crippen LogP contribution in [0.3, 0.4) is 0 Å². The van der Waals surface area contributed by atoms with Crippen molar-refractivity contribution in [3.8, 4) is 0 Å². The van der Waals surface area contributed by atoms with E-state index in [2.05, 4.69) is 0 Å². The van der Waals surface area contributed by atoms with Crippen LogP contribution in [0.15, 0.2) is 54.6 Å². The quantitative estimate of drug-likeness (QED) is 0.877. The molecule has 0 heterocycles. The van der Waals surface area contributed by atoms with Crippen LogP contribution in [0.25, 0.3) is 0 Å². The molecular formula is C16H18ClNO. The zero-order valence-electron chi connectivity index (χ0n) is 10.8. The summed E-state index contributed by atoms with van der Waals surface area (Å²) in [5, 5.41) is 0.745. The summed E-state index contributed by atoms with van der Waals surface area (Å²) in [5.41, 5.74) is 8.36. The van der Waals surface area contributed by atoms with Gasteiger partial charge >= 0.3 is 0 Å². The molecule has 2 N–H and O–H groups in total. The molecule has 0 saturated carbocycles. The highest BCUT2D eigenvalue weighted by atomic mass is 35.5. The highest BCUT2D eigenvalue weighted by Crippen LogP contribution is 2.12. The Hall–Kier alpha value is -1.35. The molecule has 0 saturated heterocycles. The van der Waals surface area contributed by atoms with Gasteiger partial charge in [0, 0.05) is 11.1 Å². The van der Waals surface area contributed by atoms with Gasteiger partial charge in [-0.1, -0.05) is 54.1 Å². The van der Waals surface area contributed by atoms with E-state index in [-0.39, 0.29) is 6.04 Å². The summed E-state index contributed by atoms with van der Waals surface area (Å²) in [6.45, 7) is 1.14. The average molecular weight is 276 g/mol. The number of hydrogen-bond acceptors (Lipinski definition) is 2. The van der Waals surface area contributed by atoms with Crippen molar-refractivity contribution >= 4 is 11.6 Å². The van der Waals surface area contributed by atoms with Gasteiger partial charge in [-0.05, 0) is 29.7 Å². The first-order valence-electron chi connectivity index (χ1n) is 6.36. The van der Waals surface area contributed by atoms with Gasteiger partial charge in [0.2, 0.25) is 0 Å². The minimum Gasteiger partial charge on any atom is -0.375 e. The van der Waals surface area contributed by atoms with Crippen molar-refractivity contribution in [1.82, 2.24) is 0 Å². The number of hydrogen-bond donors (Lipinski definition) is 1. The van der Waals surface area contributed by atoms with Crippen molar-refractivity contribution in [2.75, 3.05) is 6.61 Å². The van der Waals surface area contributed by atoms with Crippen molar-refractivity contribution in [2.45, 2.75) is 19.1 Å². The molecule has 1 atom stereocenters. The SMILES string of the molecule is NC(COCc1ccccc1)Cc1cccc(Cl)c1. The molecule has 0 radical (unpaired) electrons. The summed E-state index contributed by atoms with van der Waals surface area (Å²) in [6, 6.07) is 17.9. The fourth-order valence-electron chi connectivity index (χ4n) is 1.93. The van der Waals surface area contributed by atoms with E-state index < -0.39 is 0 Å². The van der Waals surface area contributed by atoms with Gasteiger partial charge in [0.25, 0.3) is 0 Å². The summed E-state index contributed by atoms with van der Waals surface area (Å²) in [5.74, 6) is 0. The zero-order valence-corrected chi connectivity index (χ0v) is 11.5. The number of nitrogens with two attached hydrogens (primary N) is 1. The molecule has 2 aromatic carbocycles. The molecule has 3 heteroatoms. The van der Waals surface area contributed by atoms with Gasteiger partial charge in [0.15, 0.2) is 0 Å². The Kier molecular flexibility index (Phi) is 5.40. The van der Waals surface area contributed by atoms with Gasteiger partial charge in [-0.25, -0.2) is 0 Å². The lowest BCUT2D eigenvalue weighted by Crippen LogP contribution is -2.28. The molecule has 0 aliphatic heterocycles. The lowest BCUT2D eigenvalue weighted by atomic mass is 10.1. The van der Waals surface area contributed by atoms with Crippen LogP contribution >= 0.6 is 11.6 Å². The molecule has 0 aromatic heterocycles. The minimum absolute atomic E-state index is 0.0119. The molecule has 100 valence electrons. The molecule has 0 bridgehead atoms. The number of ether oxygens (including phenoxy) is 1. The molecular weight excluding hydrogens is 258 g/mol. The van der Waals surface area contributed by atoms with Crippen LogP contribution in [-0.4, -0.2) is 12.6 Å². The van der Waals surface area contributed by atoms with Crippen molar-refractivity contribution in [3.05, 3.63) is 70.7 Å². The molecule has 0 spiro atoms. The first-order chi connectivity index (χ1) is 9.24. The first-order valence-corrected chi connectivity index (χ1v) is 6.73. The average Bonchev–Trinajstić information content (AvgIpc) is 2.40. The second kappa shape index (κ2) is 7.29. The van der Waals surface area contributed by atoms with Crippen molar-refractivity contribution in [3.63, 3.8) is 0 Å². The lowest BCUT2D eigenvalue weighted by molar-refractivity contribution is 0.108. The van der Waals surface area contributed by atoms with Crippen molar-refractivity contribution < 1.29 is 4.74 Å². The van der Waals surface area contributed by atoms with E-state index in [1.54, 1.807) is 0 Å². The largest absolute Gasteiger partial charge is 0.375 e. The predicted octanol–water partition coefficient (Wildman–Crippen LogP) is 3.43. The van der Waals surface area contributed by atoms with Crippen molar-refractivity contribution in [1.29, 1.82) is 0 Å². The Morgan fingerprint density at radius 3 is 2.47 bits per heavy atom. The fraction of sp³-hybridized carbons (Fsp3) is 0.250. The maximum Gasteiger partial charge on any atom is 0.0717 e. The van der Waals surface area contributed by atoms with Crippen LogP contribution < -0.4 is 5.73 Å². The van der Waals surface area contributed by atoms with Crippen molar-refractivity contribution in [2.24, 2.45) is 5.73 Å². The number of rotatable bonds is 6. The zero-order chi connectivity index (χ0) is 13.5. The van der Waals surface area contributed by atoms with Gasteiger partial charge in [-0.15, -0.1) is 0 Å². The normalized spacial score (nSPS) is 12.3. The van der Waals surface area contributed by atoms with Crippen LogP contribution in [0.5, 0.6) is 0 Å². The van der Waals surface area contributed by atoms with Gasteiger partial charge in [-0.2, -0.15) is 0 Å². The fourth-order valence-corrected chi connectivity index (χ4v) is 2.14. The van der Waals surface area contributed by atoms with Crippen LogP contribution in [0, 0.1) is 0 Å². The highest BCUT2D eigenvalue weighted by Gasteiger charge is 2.05. The summed E-state index contributed by atoms with van der Waals surface area (Å²) in [4.78, 5) is 0. The molecule has 0 amide bonds. The van der Waals surface area contributed by atoms with Crippen LogP contribution in [0.2, 0.25) is 5.02 Å². The smallest absolute Gasteiger partial charge is 0.0717 e. The maximum atomic E-state index is 6.05. The Balaban J connectivity index is 1.74. The number of halogens is 1. The van der Waals surface area contributed by atoms with E-state index in [9.17, 15) is 0 Å². The molecule has 2 rings (SSSR count). The second-order valence-electron chi connectivity index (χ2n) is 4.59. The molecule has 0 fully saturated rings. The third-order valence-electron chi connectivity index (χ3n) is 2.83. The summed E-state index contributed by atoms with van der Waals surface area (Å²) < 4.78 is 5.63. The molecule has 1 unspecified atom stereocenters. The second-order valence-corrected chi connectivity index (χ2v) is 5.03. The minimum atomic E-state index is -0.0119. The third-order valence-corrected chi connectivity index (χ3v) is 3.07. The highest BCUT2D eigenvalue weighted by molar-refractivity contribution is 6.30. The first kappa shape index (κ1) is 14.1. The monoisotopic (exact) mass is 275 g/mol. The Labute approximate surface area is 119 Å². The van der Waals surface area contributed by atoms with E-state index in [0.29, 0.717) is 13.2 Å². The Bertz CT molecular complexity index is 501. The third kappa shape index (κ3) is 5.03. The molecule has 0 aliphatic rings. The Morgan fingerprint density at radius 1 is 1.00 bits per heavy atom. The van der Waals surface area contributed by atoms with Crippen LogP contribution in [0.1, 0.15) is 11.1 Å². The van der Waals surface area contributed by atoms with Crippen LogP contribution in [-0.2, 0) is 17.8 Å². The molecule has 2 aromatic rings. The topological polar surface area (TPSA) is 35.2 Å². The van der Waals surface area contributed by atoms with E-state index in [4.69, 9.17) is 22.1 Å². The van der Waals surface area contributed by atoms with E-state index in [1.165, 1.54) is 0 Å². The molecule has 19 heavy (non-hydrogen) atoms. The van der Waals surface area contributed by atoms with Gasteiger partial charge < -0.3 is 10.5 Å². The molecule has 0 aliphatic carbocycles. The van der Waals surface area contributed by atoms with Gasteiger partial charge in [0.05, 0.1) is 13.2 Å². The van der Waals surface area contributed by atoms with E-state index in [0.717, 1.165) is 22.6 Å². The number of benzene rings is 2. The predicted molar refractivity (Wildman–Crippen MR) is 79.2 cm³/mol. The summed E-state index contributed by atoms with van der Waals surface area (Å²) >= 11 is 5.94. The van der Waals surface area contributed by atoms with E-state index in [1.807, 2.05) is 54.6 Å². The standard InChI is InChI=1S/C16H18ClNO/c17-15-8-4-7-14(9-15)10-16(18)12-19-11-13-5-2-1-3-6-13/h1-9,16H,10-12,18H2. The lowest BCUT2D eigenvalue weighted by Gasteiger charge is -2.12. The summed E-state index contributed by atoms with van der Waals surface area (Å²) in [7, 11) is 0. The van der Waals surface area contributed by atoms with E-state index >= 15 is 0 Å².